The molecule has 0 amide bonds. The van der Waals surface area contributed by atoms with Crippen LogP contribution >= 0.6 is 11.6 Å². The van der Waals surface area contributed by atoms with E-state index in [0.29, 0.717) is 24.2 Å². The maximum atomic E-state index is 9.45. The Morgan fingerprint density at radius 2 is 2.05 bits per heavy atom. The number of aliphatic hydroxyl groups is 1. The molecule has 0 spiro atoms. The lowest BCUT2D eigenvalue weighted by Crippen LogP contribution is -2.06. The molecule has 0 unspecified atom stereocenters. The molecule has 1 aliphatic carbocycles. The van der Waals surface area contributed by atoms with Crippen molar-refractivity contribution in [3.05, 3.63) is 46.7 Å². The first-order chi connectivity index (χ1) is 10.3. The van der Waals surface area contributed by atoms with Gasteiger partial charge in [0.2, 0.25) is 0 Å². The van der Waals surface area contributed by atoms with Crippen LogP contribution in [0.1, 0.15) is 36.4 Å². The average molecular weight is 307 g/mol. The van der Waals surface area contributed by atoms with E-state index in [0.717, 1.165) is 36.3 Å². The zero-order chi connectivity index (χ0) is 14.7. The molecule has 1 N–H and O–H groups in total. The summed E-state index contributed by atoms with van der Waals surface area (Å²) in [5, 5.41) is 14.6. The van der Waals surface area contributed by atoms with Crippen molar-refractivity contribution in [2.75, 3.05) is 6.61 Å². The number of halogens is 1. The highest BCUT2D eigenvalue weighted by Crippen LogP contribution is 2.42. The predicted molar refractivity (Wildman–Crippen MR) is 81.7 cm³/mol. The van der Waals surface area contributed by atoms with Crippen LogP contribution in [0.4, 0.5) is 0 Å². The minimum atomic E-state index is -0.0365. The Bertz CT molecular complexity index is 594. The van der Waals surface area contributed by atoms with Crippen LogP contribution in [0.3, 0.4) is 0 Å². The highest BCUT2D eigenvalue weighted by molar-refractivity contribution is 6.30. The summed E-state index contributed by atoms with van der Waals surface area (Å²) in [7, 11) is 0. The van der Waals surface area contributed by atoms with Crippen molar-refractivity contribution in [2.24, 2.45) is 0 Å². The molecule has 4 nitrogen and oxygen atoms in total. The molecule has 1 fully saturated rings. The summed E-state index contributed by atoms with van der Waals surface area (Å²) in [5.74, 6) is 1.37. The van der Waals surface area contributed by atoms with Gasteiger partial charge in [0, 0.05) is 24.4 Å². The van der Waals surface area contributed by atoms with Gasteiger partial charge in [-0.25, -0.2) is 0 Å². The van der Waals surface area contributed by atoms with Gasteiger partial charge in [0.25, 0.3) is 0 Å². The summed E-state index contributed by atoms with van der Waals surface area (Å²) in [5.41, 5.74) is 1.77. The molecule has 1 aliphatic rings. The van der Waals surface area contributed by atoms with E-state index in [1.807, 2.05) is 30.3 Å². The molecule has 1 heterocycles. The van der Waals surface area contributed by atoms with Crippen molar-refractivity contribution in [2.45, 2.75) is 38.3 Å². The van der Waals surface area contributed by atoms with Gasteiger partial charge in [-0.3, -0.25) is 4.68 Å². The van der Waals surface area contributed by atoms with Crippen molar-refractivity contribution in [3.63, 3.8) is 0 Å². The number of para-hydroxylation sites is 1. The number of ether oxygens (including phenoxy) is 1. The number of hydrogen-bond donors (Lipinski definition) is 1. The normalized spacial score (nSPS) is 14.4. The molecule has 3 rings (SSSR count). The number of benzene rings is 1. The lowest BCUT2D eigenvalue weighted by Gasteiger charge is -2.06. The van der Waals surface area contributed by atoms with Crippen molar-refractivity contribution in [1.82, 2.24) is 9.78 Å². The van der Waals surface area contributed by atoms with Gasteiger partial charge in [-0.05, 0) is 25.0 Å². The van der Waals surface area contributed by atoms with Crippen LogP contribution in [-0.2, 0) is 13.2 Å². The Labute approximate surface area is 129 Å². The fourth-order valence-electron chi connectivity index (χ4n) is 2.40. The van der Waals surface area contributed by atoms with E-state index < -0.39 is 0 Å². The Morgan fingerprint density at radius 1 is 1.29 bits per heavy atom. The first-order valence-corrected chi connectivity index (χ1v) is 7.71. The first kappa shape index (κ1) is 14.4. The van der Waals surface area contributed by atoms with Gasteiger partial charge in [0.1, 0.15) is 10.9 Å². The van der Waals surface area contributed by atoms with E-state index in [9.17, 15) is 5.11 Å². The highest BCUT2D eigenvalue weighted by Gasteiger charge is 2.30. The van der Waals surface area contributed by atoms with Gasteiger partial charge in [0.05, 0.1) is 18.9 Å². The fraction of sp³-hybridized carbons (Fsp3) is 0.438. The van der Waals surface area contributed by atoms with Crippen LogP contribution in [-0.4, -0.2) is 21.5 Å². The monoisotopic (exact) mass is 306 g/mol. The number of aryl methyl sites for hydroxylation is 1. The second-order valence-corrected chi connectivity index (χ2v) is 5.68. The van der Waals surface area contributed by atoms with Gasteiger partial charge in [-0.2, -0.15) is 5.10 Å². The Morgan fingerprint density at radius 3 is 2.71 bits per heavy atom. The molecule has 5 heteroatoms. The molecule has 112 valence electrons. The van der Waals surface area contributed by atoms with E-state index in [1.165, 1.54) is 0 Å². The first-order valence-electron chi connectivity index (χ1n) is 7.33. The summed E-state index contributed by atoms with van der Waals surface area (Å²) in [6.45, 7) is 1.28. The number of hydrogen-bond acceptors (Lipinski definition) is 3. The number of nitrogens with zero attached hydrogens (tertiary/aromatic N) is 2. The molecular weight excluding hydrogens is 288 g/mol. The molecular formula is C16H19ClN2O2. The topological polar surface area (TPSA) is 47.3 Å². The summed E-state index contributed by atoms with van der Waals surface area (Å²) in [4.78, 5) is 0. The third-order valence-electron chi connectivity index (χ3n) is 3.66. The third-order valence-corrected chi connectivity index (χ3v) is 4.08. The van der Waals surface area contributed by atoms with Crippen molar-refractivity contribution < 1.29 is 9.84 Å². The molecule has 21 heavy (non-hydrogen) atoms. The van der Waals surface area contributed by atoms with Crippen LogP contribution in [0.25, 0.3) is 0 Å². The zero-order valence-electron chi connectivity index (χ0n) is 11.8. The summed E-state index contributed by atoms with van der Waals surface area (Å²) < 4.78 is 7.44. The molecule has 0 bridgehead atoms. The molecule has 1 aromatic heterocycles. The fourth-order valence-corrected chi connectivity index (χ4v) is 2.67. The second kappa shape index (κ2) is 6.50. The minimum absolute atomic E-state index is 0.0365. The lowest BCUT2D eigenvalue weighted by molar-refractivity contribution is 0.280. The summed E-state index contributed by atoms with van der Waals surface area (Å²) >= 11 is 6.30. The third kappa shape index (κ3) is 3.39. The maximum Gasteiger partial charge on any atom is 0.132 e. The van der Waals surface area contributed by atoms with Crippen molar-refractivity contribution >= 4 is 11.6 Å². The number of aliphatic hydroxyl groups excluding tert-OH is 1. The minimum Gasteiger partial charge on any atom is -0.494 e. The van der Waals surface area contributed by atoms with E-state index in [-0.39, 0.29) is 6.61 Å². The van der Waals surface area contributed by atoms with E-state index in [2.05, 4.69) is 5.10 Å². The molecule has 1 aromatic carbocycles. The zero-order valence-corrected chi connectivity index (χ0v) is 12.6. The standard InChI is InChI=1S/C16H19ClN2O2/c17-16-14(11-20)15(12-7-8-12)18-19(16)9-4-10-21-13-5-2-1-3-6-13/h1-3,5-6,12,20H,4,7-11H2. The van der Waals surface area contributed by atoms with E-state index in [1.54, 1.807) is 4.68 Å². The van der Waals surface area contributed by atoms with Gasteiger partial charge in [0.15, 0.2) is 0 Å². The van der Waals surface area contributed by atoms with Crippen LogP contribution in [0.5, 0.6) is 5.75 Å². The molecule has 0 radical (unpaired) electrons. The molecule has 2 aromatic rings. The van der Waals surface area contributed by atoms with Crippen LogP contribution in [0.2, 0.25) is 5.15 Å². The van der Waals surface area contributed by atoms with Crippen molar-refractivity contribution in [1.29, 1.82) is 0 Å². The number of rotatable bonds is 7. The van der Waals surface area contributed by atoms with Crippen molar-refractivity contribution in [3.8, 4) is 5.75 Å². The highest BCUT2D eigenvalue weighted by atomic mass is 35.5. The van der Waals surface area contributed by atoms with Crippen LogP contribution in [0, 0.1) is 0 Å². The van der Waals surface area contributed by atoms with Crippen LogP contribution < -0.4 is 4.74 Å². The van der Waals surface area contributed by atoms with Gasteiger partial charge in [-0.1, -0.05) is 29.8 Å². The second-order valence-electron chi connectivity index (χ2n) is 5.33. The summed E-state index contributed by atoms with van der Waals surface area (Å²) in [6.07, 6.45) is 3.13. The maximum absolute atomic E-state index is 9.45. The SMILES string of the molecule is OCc1c(C2CC2)nn(CCCOc2ccccc2)c1Cl. The number of aromatic nitrogens is 2. The molecule has 1 saturated carbocycles. The van der Waals surface area contributed by atoms with E-state index >= 15 is 0 Å². The Kier molecular flexibility index (Phi) is 4.46. The molecule has 0 saturated heterocycles. The average Bonchev–Trinajstić information content (AvgIpc) is 3.30. The van der Waals surface area contributed by atoms with Gasteiger partial charge >= 0.3 is 0 Å². The smallest absolute Gasteiger partial charge is 0.132 e. The predicted octanol–water partition coefficient (Wildman–Crippen LogP) is 3.38. The Hall–Kier alpha value is -1.52. The molecule has 0 atom stereocenters. The largest absolute Gasteiger partial charge is 0.494 e. The van der Waals surface area contributed by atoms with Gasteiger partial charge < -0.3 is 9.84 Å². The summed E-state index contributed by atoms with van der Waals surface area (Å²) in [6, 6.07) is 9.75. The van der Waals surface area contributed by atoms with Crippen LogP contribution in [0.15, 0.2) is 30.3 Å². The molecule has 0 aliphatic heterocycles. The lowest BCUT2D eigenvalue weighted by atomic mass is 10.2. The van der Waals surface area contributed by atoms with E-state index in [4.69, 9.17) is 16.3 Å². The van der Waals surface area contributed by atoms with Gasteiger partial charge in [-0.15, -0.1) is 0 Å². The quantitative estimate of drug-likeness (QED) is 0.798. The Balaban J connectivity index is 1.55.